The first-order valence-electron chi connectivity index (χ1n) is 11.6. The van der Waals surface area contributed by atoms with Gasteiger partial charge in [0.2, 0.25) is 0 Å². The highest BCUT2D eigenvalue weighted by Gasteiger charge is 2.50. The van der Waals surface area contributed by atoms with Gasteiger partial charge in [-0.1, -0.05) is 58.8 Å². The Balaban J connectivity index is 2.87. The molecular formula is C24H47NOS. The number of rotatable bonds is 12. The molecule has 2 nitrogen and oxygen atoms in total. The summed E-state index contributed by atoms with van der Waals surface area (Å²) in [6.45, 7) is 13.9. The molecule has 3 unspecified atom stereocenters. The van der Waals surface area contributed by atoms with Crippen LogP contribution in [-0.2, 0) is 4.79 Å². The van der Waals surface area contributed by atoms with Crippen LogP contribution in [0.1, 0.15) is 112 Å². The van der Waals surface area contributed by atoms with Crippen LogP contribution in [-0.4, -0.2) is 28.1 Å². The van der Waals surface area contributed by atoms with Crippen LogP contribution >= 0.6 is 12.6 Å². The Morgan fingerprint density at radius 1 is 1.00 bits per heavy atom. The summed E-state index contributed by atoms with van der Waals surface area (Å²) >= 11 is 4.42. The molecule has 1 fully saturated rings. The van der Waals surface area contributed by atoms with Gasteiger partial charge in [-0.05, 0) is 72.3 Å². The van der Waals surface area contributed by atoms with Crippen molar-refractivity contribution in [2.75, 3.05) is 7.05 Å². The van der Waals surface area contributed by atoms with Gasteiger partial charge in [0, 0.05) is 17.0 Å². The fraction of sp³-hybridized carbons (Fsp3) is 0.958. The van der Waals surface area contributed by atoms with E-state index >= 15 is 0 Å². The molecule has 0 aromatic rings. The van der Waals surface area contributed by atoms with Gasteiger partial charge in [0.1, 0.15) is 0 Å². The van der Waals surface area contributed by atoms with Gasteiger partial charge in [0.15, 0.2) is 5.12 Å². The van der Waals surface area contributed by atoms with Gasteiger partial charge in [-0.15, -0.1) is 12.6 Å². The van der Waals surface area contributed by atoms with Crippen LogP contribution in [0.5, 0.6) is 0 Å². The van der Waals surface area contributed by atoms with Gasteiger partial charge in [-0.3, -0.25) is 9.69 Å². The first-order chi connectivity index (χ1) is 12.6. The summed E-state index contributed by atoms with van der Waals surface area (Å²) in [7, 11) is 2.24. The summed E-state index contributed by atoms with van der Waals surface area (Å²) in [6, 6.07) is 0. The van der Waals surface area contributed by atoms with E-state index in [1.807, 2.05) is 0 Å². The summed E-state index contributed by atoms with van der Waals surface area (Å²) in [5.41, 5.74) is 0.224. The Morgan fingerprint density at radius 3 is 2.15 bits per heavy atom. The normalized spacial score (nSPS) is 24.5. The molecule has 1 heterocycles. The lowest BCUT2D eigenvalue weighted by molar-refractivity contribution is -0.126. The van der Waals surface area contributed by atoms with E-state index in [9.17, 15) is 4.79 Å². The zero-order valence-corrected chi connectivity index (χ0v) is 20.2. The van der Waals surface area contributed by atoms with Gasteiger partial charge in [-0.2, -0.15) is 0 Å². The third kappa shape index (κ3) is 6.77. The second-order valence-electron chi connectivity index (χ2n) is 10.1. The number of likely N-dealkylation sites (tertiary alicyclic amines) is 1. The van der Waals surface area contributed by atoms with Crippen molar-refractivity contribution in [2.45, 2.75) is 123 Å². The lowest BCUT2D eigenvalue weighted by Gasteiger charge is -2.57. The van der Waals surface area contributed by atoms with E-state index in [1.54, 1.807) is 0 Å². The number of carbonyl (C=O) groups is 1. The van der Waals surface area contributed by atoms with E-state index in [0.29, 0.717) is 11.8 Å². The highest BCUT2D eigenvalue weighted by molar-refractivity contribution is 7.96. The summed E-state index contributed by atoms with van der Waals surface area (Å²) in [6.07, 6.45) is 13.7. The van der Waals surface area contributed by atoms with Crippen molar-refractivity contribution in [1.82, 2.24) is 4.90 Å². The van der Waals surface area contributed by atoms with Crippen molar-refractivity contribution in [1.29, 1.82) is 0 Å². The SMILES string of the molecule is CCCCCCCCC(CCC)C(C(=O)S)C1CCC(C)(C)N(C)C1(C)C. The summed E-state index contributed by atoms with van der Waals surface area (Å²) in [5.74, 6) is 0.986. The van der Waals surface area contributed by atoms with Crippen LogP contribution in [0.15, 0.2) is 0 Å². The number of piperidine rings is 1. The molecule has 0 bridgehead atoms. The molecule has 3 heteroatoms. The standard InChI is InChI=1S/C24H47NOS/c1-8-10-11-12-13-14-16-19(15-9-2)21(22(26)27)20-17-18-23(3,4)25(7)24(20,5)6/h19-21H,8-18H2,1-7H3,(H,26,27). The molecule has 27 heavy (non-hydrogen) atoms. The zero-order chi connectivity index (χ0) is 20.7. The summed E-state index contributed by atoms with van der Waals surface area (Å²) in [5, 5.41) is 0.130. The van der Waals surface area contributed by atoms with Crippen molar-refractivity contribution >= 4 is 17.7 Å². The molecule has 0 amide bonds. The van der Waals surface area contributed by atoms with Crippen molar-refractivity contribution in [3.05, 3.63) is 0 Å². The molecule has 0 aliphatic carbocycles. The first kappa shape index (κ1) is 25.0. The zero-order valence-electron chi connectivity index (χ0n) is 19.3. The second kappa shape index (κ2) is 11.2. The molecule has 0 aromatic heterocycles. The molecule has 0 radical (unpaired) electrons. The predicted octanol–water partition coefficient (Wildman–Crippen LogP) is 7.12. The van der Waals surface area contributed by atoms with Crippen molar-refractivity contribution in [3.63, 3.8) is 0 Å². The Morgan fingerprint density at radius 2 is 1.59 bits per heavy atom. The van der Waals surface area contributed by atoms with Gasteiger partial charge in [-0.25, -0.2) is 0 Å². The minimum Gasteiger partial charge on any atom is -0.296 e. The van der Waals surface area contributed by atoms with Gasteiger partial charge in [0.05, 0.1) is 0 Å². The topological polar surface area (TPSA) is 20.3 Å². The quantitative estimate of drug-likeness (QED) is 0.279. The molecule has 1 aliphatic heterocycles. The van der Waals surface area contributed by atoms with E-state index in [-0.39, 0.29) is 22.1 Å². The Bertz CT molecular complexity index is 446. The summed E-state index contributed by atoms with van der Waals surface area (Å²) in [4.78, 5) is 15.3. The van der Waals surface area contributed by atoms with Crippen LogP contribution in [0.2, 0.25) is 0 Å². The van der Waals surface area contributed by atoms with E-state index < -0.39 is 0 Å². The Labute approximate surface area is 175 Å². The van der Waals surface area contributed by atoms with E-state index in [1.165, 1.54) is 44.9 Å². The van der Waals surface area contributed by atoms with Crippen LogP contribution in [0.25, 0.3) is 0 Å². The molecule has 0 aromatic carbocycles. The van der Waals surface area contributed by atoms with Gasteiger partial charge < -0.3 is 0 Å². The fourth-order valence-electron chi connectivity index (χ4n) is 5.44. The van der Waals surface area contributed by atoms with Gasteiger partial charge >= 0.3 is 0 Å². The predicted molar refractivity (Wildman–Crippen MR) is 123 cm³/mol. The van der Waals surface area contributed by atoms with Crippen LogP contribution in [0, 0.1) is 17.8 Å². The largest absolute Gasteiger partial charge is 0.296 e. The highest BCUT2D eigenvalue weighted by Crippen LogP contribution is 2.47. The van der Waals surface area contributed by atoms with Crippen LogP contribution in [0.4, 0.5) is 0 Å². The molecule has 3 atom stereocenters. The molecule has 0 spiro atoms. The first-order valence-corrected chi connectivity index (χ1v) is 12.0. The maximum atomic E-state index is 12.7. The number of hydrogen-bond acceptors (Lipinski definition) is 2. The van der Waals surface area contributed by atoms with Crippen molar-refractivity contribution < 1.29 is 4.79 Å². The lowest BCUT2D eigenvalue weighted by atomic mass is 9.63. The molecule has 160 valence electrons. The number of thiol groups is 1. The number of carbonyl (C=O) groups excluding carboxylic acids is 1. The molecule has 0 saturated carbocycles. The van der Waals surface area contributed by atoms with Crippen molar-refractivity contribution in [3.8, 4) is 0 Å². The van der Waals surface area contributed by atoms with Crippen LogP contribution in [0.3, 0.4) is 0 Å². The minimum absolute atomic E-state index is 0.0257. The molecule has 1 rings (SSSR count). The van der Waals surface area contributed by atoms with Gasteiger partial charge in [0.25, 0.3) is 0 Å². The molecular weight excluding hydrogens is 350 g/mol. The molecule has 0 N–H and O–H groups in total. The van der Waals surface area contributed by atoms with Crippen LogP contribution < -0.4 is 0 Å². The van der Waals surface area contributed by atoms with E-state index in [2.05, 4.69) is 66.1 Å². The molecule has 1 aliphatic rings. The Hall–Kier alpha value is -0.0200. The average Bonchev–Trinajstić information content (AvgIpc) is 2.58. The van der Waals surface area contributed by atoms with E-state index in [4.69, 9.17) is 0 Å². The molecule has 1 saturated heterocycles. The van der Waals surface area contributed by atoms with E-state index in [0.717, 1.165) is 25.7 Å². The highest BCUT2D eigenvalue weighted by atomic mass is 32.1. The Kier molecular flexibility index (Phi) is 10.4. The fourth-order valence-corrected chi connectivity index (χ4v) is 5.83. The number of hydrogen-bond donors (Lipinski definition) is 1. The second-order valence-corrected chi connectivity index (χ2v) is 10.6. The van der Waals surface area contributed by atoms with Crippen molar-refractivity contribution in [2.24, 2.45) is 17.8 Å². The summed E-state index contributed by atoms with van der Waals surface area (Å²) < 4.78 is 0. The third-order valence-electron chi connectivity index (χ3n) is 7.56. The number of nitrogens with zero attached hydrogens (tertiary/aromatic N) is 1. The third-order valence-corrected chi connectivity index (χ3v) is 7.86. The minimum atomic E-state index is 0.0257. The maximum absolute atomic E-state index is 12.7. The maximum Gasteiger partial charge on any atom is 0.189 e. The average molecular weight is 398 g/mol. The number of unbranched alkanes of at least 4 members (excludes halogenated alkanes) is 5. The smallest absolute Gasteiger partial charge is 0.189 e. The lowest BCUT2D eigenvalue weighted by Crippen LogP contribution is -2.62. The monoisotopic (exact) mass is 397 g/mol.